The van der Waals surface area contributed by atoms with Gasteiger partial charge in [0.15, 0.2) is 5.78 Å². The first-order chi connectivity index (χ1) is 10.1. The summed E-state index contributed by atoms with van der Waals surface area (Å²) in [7, 11) is 0. The molecule has 3 heteroatoms. The minimum atomic E-state index is -0.118. The molecule has 0 saturated heterocycles. The predicted molar refractivity (Wildman–Crippen MR) is 84.5 cm³/mol. The maximum atomic E-state index is 12.2. The molecule has 0 aliphatic heterocycles. The minimum absolute atomic E-state index is 0.0893. The van der Waals surface area contributed by atoms with E-state index in [4.69, 9.17) is 0 Å². The summed E-state index contributed by atoms with van der Waals surface area (Å²) in [5.74, 6) is 0.663. The van der Waals surface area contributed by atoms with Gasteiger partial charge >= 0.3 is 0 Å². The molecule has 0 heterocycles. The van der Waals surface area contributed by atoms with Crippen molar-refractivity contribution in [2.75, 3.05) is 0 Å². The lowest BCUT2D eigenvalue weighted by Crippen LogP contribution is -2.32. The molecule has 2 rings (SSSR count). The van der Waals surface area contributed by atoms with Gasteiger partial charge in [-0.05, 0) is 31.2 Å². The molecular formula is C18H25NO2. The molecule has 1 atom stereocenters. The topological polar surface area (TPSA) is 46.2 Å². The Bertz CT molecular complexity index is 486. The maximum Gasteiger partial charge on any atom is 0.217 e. The second-order valence-corrected chi connectivity index (χ2v) is 6.19. The molecule has 0 radical (unpaired) electrons. The van der Waals surface area contributed by atoms with Crippen LogP contribution in [0.5, 0.6) is 0 Å². The molecule has 0 bridgehead atoms. The number of ketones is 1. The molecule has 21 heavy (non-hydrogen) atoms. The number of hydrogen-bond donors (Lipinski definition) is 1. The highest BCUT2D eigenvalue weighted by molar-refractivity contribution is 5.96. The summed E-state index contributed by atoms with van der Waals surface area (Å²) in [6.45, 7) is 3.33. The van der Waals surface area contributed by atoms with Crippen LogP contribution in [0.3, 0.4) is 0 Å². The summed E-state index contributed by atoms with van der Waals surface area (Å²) < 4.78 is 0. The molecule has 1 aromatic carbocycles. The van der Waals surface area contributed by atoms with E-state index in [2.05, 4.69) is 17.4 Å². The molecular weight excluding hydrogens is 262 g/mol. The first kappa shape index (κ1) is 15.7. The van der Waals surface area contributed by atoms with Crippen LogP contribution in [-0.2, 0) is 4.79 Å². The number of Topliss-reactive ketones (excluding diaryl/α,β-unsaturated/α-hetero) is 1. The monoisotopic (exact) mass is 287 g/mol. The summed E-state index contributed by atoms with van der Waals surface area (Å²) in [6.07, 6.45) is 6.88. The maximum absolute atomic E-state index is 12.2. The molecule has 1 aliphatic rings. The quantitative estimate of drug-likeness (QED) is 0.837. The summed E-state index contributed by atoms with van der Waals surface area (Å²) in [6, 6.07) is 7.96. The van der Waals surface area contributed by atoms with E-state index < -0.39 is 0 Å². The molecule has 0 spiro atoms. The Hall–Kier alpha value is -1.64. The van der Waals surface area contributed by atoms with Gasteiger partial charge in [0.1, 0.15) is 0 Å². The Labute approximate surface area is 127 Å². The SMILES string of the molecule is CC(=O)NC(C)CC(=O)c1ccc(C2CCCCC2)cc1. The molecule has 1 fully saturated rings. The van der Waals surface area contributed by atoms with Crippen LogP contribution in [0.2, 0.25) is 0 Å². The average Bonchev–Trinajstić information content (AvgIpc) is 2.47. The highest BCUT2D eigenvalue weighted by atomic mass is 16.1. The fourth-order valence-electron chi connectivity index (χ4n) is 3.17. The third-order valence-electron chi connectivity index (χ3n) is 4.25. The van der Waals surface area contributed by atoms with Crippen molar-refractivity contribution >= 4 is 11.7 Å². The van der Waals surface area contributed by atoms with E-state index in [0.29, 0.717) is 12.3 Å². The van der Waals surface area contributed by atoms with Crippen LogP contribution >= 0.6 is 0 Å². The number of amides is 1. The third kappa shape index (κ3) is 4.69. The van der Waals surface area contributed by atoms with Crippen molar-refractivity contribution in [3.63, 3.8) is 0 Å². The van der Waals surface area contributed by atoms with Crippen molar-refractivity contribution in [2.24, 2.45) is 0 Å². The van der Waals surface area contributed by atoms with Crippen molar-refractivity contribution in [3.8, 4) is 0 Å². The Kier molecular flexibility index (Phi) is 5.54. The Morgan fingerprint density at radius 2 is 1.76 bits per heavy atom. The Morgan fingerprint density at radius 3 is 2.33 bits per heavy atom. The first-order valence-electron chi connectivity index (χ1n) is 7.96. The van der Waals surface area contributed by atoms with Gasteiger partial charge in [0, 0.05) is 24.9 Å². The molecule has 1 unspecified atom stereocenters. The Balaban J connectivity index is 1.94. The smallest absolute Gasteiger partial charge is 0.217 e. The molecule has 1 amide bonds. The van der Waals surface area contributed by atoms with Crippen molar-refractivity contribution in [3.05, 3.63) is 35.4 Å². The second-order valence-electron chi connectivity index (χ2n) is 6.19. The molecule has 1 N–H and O–H groups in total. The number of hydrogen-bond acceptors (Lipinski definition) is 2. The Morgan fingerprint density at radius 1 is 1.14 bits per heavy atom. The standard InChI is InChI=1S/C18H25NO2/c1-13(19-14(2)20)12-18(21)17-10-8-16(9-11-17)15-6-4-3-5-7-15/h8-11,13,15H,3-7,12H2,1-2H3,(H,19,20). The van der Waals surface area contributed by atoms with Gasteiger partial charge in [0.05, 0.1) is 0 Å². The van der Waals surface area contributed by atoms with E-state index in [1.165, 1.54) is 44.6 Å². The lowest BCUT2D eigenvalue weighted by atomic mass is 9.84. The number of carbonyl (C=O) groups excluding carboxylic acids is 2. The highest BCUT2D eigenvalue weighted by Crippen LogP contribution is 2.32. The van der Waals surface area contributed by atoms with E-state index in [-0.39, 0.29) is 17.7 Å². The van der Waals surface area contributed by atoms with Crippen molar-refractivity contribution < 1.29 is 9.59 Å². The van der Waals surface area contributed by atoms with E-state index in [1.807, 2.05) is 19.1 Å². The fraction of sp³-hybridized carbons (Fsp3) is 0.556. The van der Waals surface area contributed by atoms with Gasteiger partial charge in [0.25, 0.3) is 0 Å². The number of rotatable bonds is 5. The number of benzene rings is 1. The lowest BCUT2D eigenvalue weighted by molar-refractivity contribution is -0.119. The molecule has 3 nitrogen and oxygen atoms in total. The largest absolute Gasteiger partial charge is 0.353 e. The average molecular weight is 287 g/mol. The van der Waals surface area contributed by atoms with Gasteiger partial charge < -0.3 is 5.32 Å². The molecule has 1 aliphatic carbocycles. The van der Waals surface area contributed by atoms with E-state index in [9.17, 15) is 9.59 Å². The predicted octanol–water partition coefficient (Wildman–Crippen LogP) is 3.83. The number of nitrogens with one attached hydrogen (secondary N) is 1. The third-order valence-corrected chi connectivity index (χ3v) is 4.25. The van der Waals surface area contributed by atoms with Gasteiger partial charge in [-0.25, -0.2) is 0 Å². The van der Waals surface area contributed by atoms with Crippen molar-refractivity contribution in [2.45, 2.75) is 64.3 Å². The minimum Gasteiger partial charge on any atom is -0.353 e. The van der Waals surface area contributed by atoms with Crippen LogP contribution in [0.15, 0.2) is 24.3 Å². The molecule has 1 aromatic rings. The van der Waals surface area contributed by atoms with Crippen molar-refractivity contribution in [1.29, 1.82) is 0 Å². The van der Waals surface area contributed by atoms with Crippen LogP contribution in [0.25, 0.3) is 0 Å². The zero-order chi connectivity index (χ0) is 15.2. The first-order valence-corrected chi connectivity index (χ1v) is 7.96. The zero-order valence-electron chi connectivity index (χ0n) is 13.0. The van der Waals surface area contributed by atoms with E-state index >= 15 is 0 Å². The van der Waals surface area contributed by atoms with Gasteiger partial charge in [-0.1, -0.05) is 43.5 Å². The van der Waals surface area contributed by atoms with Gasteiger partial charge in [0.2, 0.25) is 5.91 Å². The molecule has 0 aromatic heterocycles. The summed E-state index contributed by atoms with van der Waals surface area (Å²) in [4.78, 5) is 23.1. The number of carbonyl (C=O) groups is 2. The zero-order valence-corrected chi connectivity index (χ0v) is 13.0. The van der Waals surface area contributed by atoms with Crippen LogP contribution in [0, 0.1) is 0 Å². The van der Waals surface area contributed by atoms with Gasteiger partial charge in [-0.3, -0.25) is 9.59 Å². The normalized spacial score (nSPS) is 17.2. The van der Waals surface area contributed by atoms with E-state index in [0.717, 1.165) is 5.56 Å². The van der Waals surface area contributed by atoms with Crippen LogP contribution in [-0.4, -0.2) is 17.7 Å². The van der Waals surface area contributed by atoms with Crippen molar-refractivity contribution in [1.82, 2.24) is 5.32 Å². The molecule has 1 saturated carbocycles. The highest BCUT2D eigenvalue weighted by Gasteiger charge is 2.16. The summed E-state index contributed by atoms with van der Waals surface area (Å²) in [5, 5.41) is 2.75. The lowest BCUT2D eigenvalue weighted by Gasteiger charge is -2.22. The van der Waals surface area contributed by atoms with Gasteiger partial charge in [-0.2, -0.15) is 0 Å². The fourth-order valence-corrected chi connectivity index (χ4v) is 3.17. The van der Waals surface area contributed by atoms with Crippen LogP contribution < -0.4 is 5.32 Å². The molecule has 114 valence electrons. The summed E-state index contributed by atoms with van der Waals surface area (Å²) >= 11 is 0. The summed E-state index contributed by atoms with van der Waals surface area (Å²) in [5.41, 5.74) is 2.10. The van der Waals surface area contributed by atoms with Gasteiger partial charge in [-0.15, -0.1) is 0 Å². The van der Waals surface area contributed by atoms with Crippen LogP contribution in [0.4, 0.5) is 0 Å². The second kappa shape index (κ2) is 7.39. The van der Waals surface area contributed by atoms with E-state index in [1.54, 1.807) is 0 Å². The van der Waals surface area contributed by atoms with Crippen LogP contribution in [0.1, 0.15) is 74.2 Å².